The van der Waals surface area contributed by atoms with Gasteiger partial charge in [0.15, 0.2) is 0 Å². The van der Waals surface area contributed by atoms with Crippen molar-refractivity contribution >= 4 is 5.82 Å². The van der Waals surface area contributed by atoms with Crippen molar-refractivity contribution in [1.29, 1.82) is 0 Å². The van der Waals surface area contributed by atoms with Crippen molar-refractivity contribution in [2.75, 3.05) is 18.4 Å². The maximum atomic E-state index is 9.48. The Balaban J connectivity index is 1.86. The van der Waals surface area contributed by atoms with Gasteiger partial charge in [0.25, 0.3) is 0 Å². The molecule has 1 aromatic rings. The van der Waals surface area contributed by atoms with E-state index in [1.54, 1.807) is 0 Å². The molecular weight excluding hydrogens is 214 g/mol. The highest BCUT2D eigenvalue weighted by atomic mass is 16.3. The number of aliphatic hydroxyl groups is 1. The van der Waals surface area contributed by atoms with Gasteiger partial charge >= 0.3 is 0 Å². The van der Waals surface area contributed by atoms with Crippen molar-refractivity contribution in [3.8, 4) is 0 Å². The third-order valence-corrected chi connectivity index (χ3v) is 3.33. The van der Waals surface area contributed by atoms with Crippen LogP contribution in [-0.2, 0) is 0 Å². The fourth-order valence-corrected chi connectivity index (χ4v) is 2.24. The van der Waals surface area contributed by atoms with E-state index in [-0.39, 0.29) is 6.23 Å². The molecule has 1 fully saturated rings. The Kier molecular flexibility index (Phi) is 3.97. The summed E-state index contributed by atoms with van der Waals surface area (Å²) in [6.45, 7) is 5.79. The number of pyridine rings is 1. The summed E-state index contributed by atoms with van der Waals surface area (Å²) in [7, 11) is 0. The number of piperidine rings is 1. The molecule has 4 nitrogen and oxygen atoms in total. The highest BCUT2D eigenvalue weighted by Gasteiger charge is 2.21. The van der Waals surface area contributed by atoms with Crippen LogP contribution in [0.1, 0.15) is 25.3 Å². The molecule has 2 N–H and O–H groups in total. The normalized spacial score (nSPS) is 20.2. The van der Waals surface area contributed by atoms with Crippen LogP contribution in [-0.4, -0.2) is 40.3 Å². The molecule has 94 valence electrons. The average Bonchev–Trinajstić information content (AvgIpc) is 2.29. The number of hydrogen-bond donors (Lipinski definition) is 2. The molecule has 1 saturated heterocycles. The molecule has 0 aromatic carbocycles. The van der Waals surface area contributed by atoms with Crippen LogP contribution >= 0.6 is 0 Å². The van der Waals surface area contributed by atoms with E-state index in [0.717, 1.165) is 31.7 Å². The van der Waals surface area contributed by atoms with Gasteiger partial charge in [0.05, 0.1) is 0 Å². The second kappa shape index (κ2) is 5.47. The van der Waals surface area contributed by atoms with Crippen molar-refractivity contribution in [2.45, 2.75) is 39.0 Å². The van der Waals surface area contributed by atoms with E-state index in [2.05, 4.69) is 28.2 Å². The molecular formula is C13H21N3O. The number of anilines is 1. The van der Waals surface area contributed by atoms with Crippen LogP contribution in [0.5, 0.6) is 0 Å². The van der Waals surface area contributed by atoms with Crippen molar-refractivity contribution in [1.82, 2.24) is 9.88 Å². The summed E-state index contributed by atoms with van der Waals surface area (Å²) >= 11 is 0. The number of aryl methyl sites for hydroxylation is 1. The third kappa shape index (κ3) is 3.41. The van der Waals surface area contributed by atoms with E-state index in [0.29, 0.717) is 6.04 Å². The van der Waals surface area contributed by atoms with Crippen LogP contribution < -0.4 is 5.32 Å². The van der Waals surface area contributed by atoms with Crippen LogP contribution in [0.15, 0.2) is 18.3 Å². The van der Waals surface area contributed by atoms with Crippen LogP contribution in [0.2, 0.25) is 0 Å². The van der Waals surface area contributed by atoms with Gasteiger partial charge < -0.3 is 10.4 Å². The fraction of sp³-hybridized carbons (Fsp3) is 0.615. The Morgan fingerprint density at radius 1 is 1.47 bits per heavy atom. The van der Waals surface area contributed by atoms with E-state index >= 15 is 0 Å². The minimum Gasteiger partial charge on any atom is -0.379 e. The maximum Gasteiger partial charge on any atom is 0.126 e. The van der Waals surface area contributed by atoms with Crippen molar-refractivity contribution in [3.63, 3.8) is 0 Å². The summed E-state index contributed by atoms with van der Waals surface area (Å²) in [5, 5.41) is 12.9. The second-order valence-electron chi connectivity index (χ2n) is 4.80. The summed E-state index contributed by atoms with van der Waals surface area (Å²) in [5.74, 6) is 0.959. The van der Waals surface area contributed by atoms with Crippen LogP contribution in [0.4, 0.5) is 5.82 Å². The summed E-state index contributed by atoms with van der Waals surface area (Å²) < 4.78 is 0. The molecule has 2 rings (SSSR count). The van der Waals surface area contributed by atoms with E-state index in [4.69, 9.17) is 0 Å². The minimum atomic E-state index is -0.326. The highest BCUT2D eigenvalue weighted by Crippen LogP contribution is 2.16. The Labute approximate surface area is 103 Å². The molecule has 0 aliphatic carbocycles. The highest BCUT2D eigenvalue weighted by molar-refractivity contribution is 5.38. The fourth-order valence-electron chi connectivity index (χ4n) is 2.24. The van der Waals surface area contributed by atoms with E-state index in [1.807, 2.05) is 19.2 Å². The predicted octanol–water partition coefficient (Wildman–Crippen LogP) is 1.60. The molecule has 1 aliphatic heterocycles. The molecule has 1 unspecified atom stereocenters. The smallest absolute Gasteiger partial charge is 0.126 e. The zero-order valence-electron chi connectivity index (χ0n) is 10.6. The lowest BCUT2D eigenvalue weighted by atomic mass is 10.0. The lowest BCUT2D eigenvalue weighted by Crippen LogP contribution is -2.43. The van der Waals surface area contributed by atoms with Crippen LogP contribution in [0, 0.1) is 6.92 Å². The van der Waals surface area contributed by atoms with Gasteiger partial charge in [-0.1, -0.05) is 0 Å². The standard InChI is InChI=1S/C13H21N3O/c1-10-3-6-14-13(9-10)15-12-4-7-16(8-5-12)11(2)17/h3,6,9,11-12,17H,4-5,7-8H2,1-2H3,(H,14,15). The summed E-state index contributed by atoms with van der Waals surface area (Å²) in [5.41, 5.74) is 1.23. The second-order valence-corrected chi connectivity index (χ2v) is 4.80. The van der Waals surface area contributed by atoms with Gasteiger partial charge in [-0.15, -0.1) is 0 Å². The molecule has 0 radical (unpaired) electrons. The van der Waals surface area contributed by atoms with E-state index in [9.17, 15) is 5.11 Å². The monoisotopic (exact) mass is 235 g/mol. The topological polar surface area (TPSA) is 48.4 Å². The molecule has 1 atom stereocenters. The number of nitrogens with zero attached hydrogens (tertiary/aromatic N) is 2. The summed E-state index contributed by atoms with van der Waals surface area (Å²) in [4.78, 5) is 6.41. The van der Waals surface area contributed by atoms with Gasteiger partial charge in [0.2, 0.25) is 0 Å². The molecule has 1 aromatic heterocycles. The Morgan fingerprint density at radius 3 is 2.76 bits per heavy atom. The van der Waals surface area contributed by atoms with E-state index in [1.165, 1.54) is 5.56 Å². The molecule has 4 heteroatoms. The van der Waals surface area contributed by atoms with Gasteiger partial charge in [-0.25, -0.2) is 4.98 Å². The quantitative estimate of drug-likeness (QED) is 0.835. The Hall–Kier alpha value is -1.13. The minimum absolute atomic E-state index is 0.326. The first-order valence-electron chi connectivity index (χ1n) is 6.26. The summed E-state index contributed by atoms with van der Waals surface area (Å²) in [6, 6.07) is 4.54. The number of likely N-dealkylation sites (tertiary alicyclic amines) is 1. The molecule has 2 heterocycles. The number of aliphatic hydroxyl groups excluding tert-OH is 1. The van der Waals surface area contributed by atoms with Gasteiger partial charge in [0, 0.05) is 25.3 Å². The zero-order chi connectivity index (χ0) is 12.3. The number of aromatic nitrogens is 1. The van der Waals surface area contributed by atoms with Crippen molar-refractivity contribution in [2.24, 2.45) is 0 Å². The van der Waals surface area contributed by atoms with E-state index < -0.39 is 0 Å². The SMILES string of the molecule is Cc1ccnc(NC2CCN(C(C)O)CC2)c1. The lowest BCUT2D eigenvalue weighted by Gasteiger charge is -2.34. The van der Waals surface area contributed by atoms with Gasteiger partial charge in [0.1, 0.15) is 12.0 Å². The van der Waals surface area contributed by atoms with Gasteiger partial charge in [-0.2, -0.15) is 0 Å². The molecule has 17 heavy (non-hydrogen) atoms. The number of hydrogen-bond acceptors (Lipinski definition) is 4. The first kappa shape index (κ1) is 12.3. The lowest BCUT2D eigenvalue weighted by molar-refractivity contribution is 0.00476. The molecule has 0 amide bonds. The molecule has 0 bridgehead atoms. The van der Waals surface area contributed by atoms with Gasteiger partial charge in [-0.05, 0) is 44.4 Å². The molecule has 0 saturated carbocycles. The maximum absolute atomic E-state index is 9.48. The Bertz CT molecular complexity index is 359. The average molecular weight is 235 g/mol. The molecule has 0 spiro atoms. The zero-order valence-corrected chi connectivity index (χ0v) is 10.6. The number of rotatable bonds is 3. The Morgan fingerprint density at radius 2 is 2.18 bits per heavy atom. The van der Waals surface area contributed by atoms with Crippen LogP contribution in [0.3, 0.4) is 0 Å². The van der Waals surface area contributed by atoms with Gasteiger partial charge in [-0.3, -0.25) is 4.90 Å². The predicted molar refractivity (Wildman–Crippen MR) is 68.9 cm³/mol. The first-order valence-corrected chi connectivity index (χ1v) is 6.26. The third-order valence-electron chi connectivity index (χ3n) is 3.33. The largest absolute Gasteiger partial charge is 0.379 e. The summed E-state index contributed by atoms with van der Waals surface area (Å²) in [6.07, 6.45) is 3.62. The van der Waals surface area contributed by atoms with Crippen LogP contribution in [0.25, 0.3) is 0 Å². The van der Waals surface area contributed by atoms with Crippen molar-refractivity contribution in [3.05, 3.63) is 23.9 Å². The van der Waals surface area contributed by atoms with Crippen molar-refractivity contribution < 1.29 is 5.11 Å². The molecule has 1 aliphatic rings. The number of nitrogens with one attached hydrogen (secondary N) is 1. The first-order chi connectivity index (χ1) is 8.15.